The van der Waals surface area contributed by atoms with Crippen LogP contribution in [-0.4, -0.2) is 47.8 Å². The maximum atomic E-state index is 12.5. The van der Waals surface area contributed by atoms with E-state index < -0.39 is 0 Å². The summed E-state index contributed by atoms with van der Waals surface area (Å²) in [7, 11) is 0. The Kier molecular flexibility index (Phi) is 3.81. The van der Waals surface area contributed by atoms with Crippen LogP contribution in [-0.2, 0) is 9.59 Å². The van der Waals surface area contributed by atoms with Crippen molar-refractivity contribution in [3.63, 3.8) is 0 Å². The smallest absolute Gasteiger partial charge is 0.225 e. The van der Waals surface area contributed by atoms with Gasteiger partial charge in [0.25, 0.3) is 0 Å². The Hall–Kier alpha value is -1.32. The molecular weight excluding hydrogens is 252 g/mol. The third-order valence-corrected chi connectivity index (χ3v) is 4.97. The first-order valence-electron chi connectivity index (χ1n) is 7.89. The molecule has 2 saturated heterocycles. The zero-order valence-electron chi connectivity index (χ0n) is 12.4. The molecule has 0 aromatic carbocycles. The molecule has 3 rings (SSSR count). The molecule has 0 spiro atoms. The van der Waals surface area contributed by atoms with Crippen LogP contribution < -0.4 is 0 Å². The lowest BCUT2D eigenvalue weighted by Gasteiger charge is -2.35. The highest BCUT2D eigenvalue weighted by atomic mass is 16.2. The van der Waals surface area contributed by atoms with Crippen LogP contribution in [0.1, 0.15) is 45.4 Å². The summed E-state index contributed by atoms with van der Waals surface area (Å²) in [6, 6.07) is 0. The molecule has 1 aliphatic carbocycles. The van der Waals surface area contributed by atoms with Gasteiger partial charge < -0.3 is 9.80 Å². The average Bonchev–Trinajstić information content (AvgIpc) is 3.31. The number of piperidine rings is 2. The Balaban J connectivity index is 1.50. The molecule has 0 radical (unpaired) electrons. The van der Waals surface area contributed by atoms with Crippen LogP contribution in [0.4, 0.5) is 0 Å². The summed E-state index contributed by atoms with van der Waals surface area (Å²) in [6.45, 7) is 4.92. The molecule has 0 atom stereocenters. The Morgan fingerprint density at radius 2 is 1.40 bits per heavy atom. The number of carbonyl (C=O) groups is 2. The van der Waals surface area contributed by atoms with E-state index in [4.69, 9.17) is 0 Å². The molecule has 0 aromatic rings. The summed E-state index contributed by atoms with van der Waals surface area (Å²) in [6.07, 6.45) is 6.45. The van der Waals surface area contributed by atoms with Crippen molar-refractivity contribution in [2.45, 2.75) is 45.4 Å². The lowest BCUT2D eigenvalue weighted by molar-refractivity contribution is -0.140. The molecule has 0 aromatic heterocycles. The minimum atomic E-state index is 0.134. The van der Waals surface area contributed by atoms with Crippen LogP contribution in [0.25, 0.3) is 0 Å². The van der Waals surface area contributed by atoms with Crippen molar-refractivity contribution in [3.8, 4) is 0 Å². The van der Waals surface area contributed by atoms with Gasteiger partial charge in [0.2, 0.25) is 11.8 Å². The van der Waals surface area contributed by atoms with Crippen molar-refractivity contribution >= 4 is 11.8 Å². The quantitative estimate of drug-likeness (QED) is 0.687. The van der Waals surface area contributed by atoms with Crippen molar-refractivity contribution in [2.75, 3.05) is 26.2 Å². The fraction of sp³-hybridized carbons (Fsp3) is 0.750. The Morgan fingerprint density at radius 1 is 0.850 bits per heavy atom. The van der Waals surface area contributed by atoms with Gasteiger partial charge in [-0.15, -0.1) is 0 Å². The maximum absolute atomic E-state index is 12.5. The van der Waals surface area contributed by atoms with Gasteiger partial charge in [-0.25, -0.2) is 0 Å². The minimum absolute atomic E-state index is 0.134. The van der Waals surface area contributed by atoms with Crippen LogP contribution >= 0.6 is 0 Å². The Bertz CT molecular complexity index is 431. The second-order valence-corrected chi connectivity index (χ2v) is 6.31. The number of rotatable bonds is 1. The summed E-state index contributed by atoms with van der Waals surface area (Å²) >= 11 is 0. The molecule has 1 saturated carbocycles. The lowest BCUT2D eigenvalue weighted by atomic mass is 9.93. The standard InChI is InChI=1S/C16H24N2O2/c1-12(19)17-8-6-15(7-9-17)16(20)18-10-4-14(5-11-18)13-2-3-13/h15H,2-11H2,1H3. The van der Waals surface area contributed by atoms with Gasteiger partial charge in [0.05, 0.1) is 0 Å². The highest BCUT2D eigenvalue weighted by molar-refractivity contribution is 5.80. The van der Waals surface area contributed by atoms with Gasteiger partial charge in [-0.05, 0) is 38.5 Å². The largest absolute Gasteiger partial charge is 0.343 e. The maximum Gasteiger partial charge on any atom is 0.225 e. The molecule has 0 N–H and O–H groups in total. The van der Waals surface area contributed by atoms with E-state index in [2.05, 4.69) is 4.90 Å². The Labute approximate surface area is 120 Å². The van der Waals surface area contributed by atoms with Crippen LogP contribution in [0.3, 0.4) is 0 Å². The molecule has 0 bridgehead atoms. The van der Waals surface area contributed by atoms with E-state index in [0.717, 1.165) is 51.9 Å². The third-order valence-electron chi connectivity index (χ3n) is 4.97. The molecular formula is C16H24N2O2. The lowest BCUT2D eigenvalue weighted by Crippen LogP contribution is -2.45. The van der Waals surface area contributed by atoms with E-state index in [1.165, 1.54) is 12.8 Å². The minimum Gasteiger partial charge on any atom is -0.343 e. The molecule has 20 heavy (non-hydrogen) atoms. The van der Waals surface area contributed by atoms with E-state index in [9.17, 15) is 9.59 Å². The number of carbonyl (C=O) groups excluding carboxylic acids is 2. The third kappa shape index (κ3) is 2.89. The molecule has 0 unspecified atom stereocenters. The second kappa shape index (κ2) is 5.58. The summed E-state index contributed by atoms with van der Waals surface area (Å²) in [4.78, 5) is 27.7. The zero-order chi connectivity index (χ0) is 14.1. The van der Waals surface area contributed by atoms with Crippen molar-refractivity contribution in [3.05, 3.63) is 11.1 Å². The zero-order valence-corrected chi connectivity index (χ0v) is 12.4. The summed E-state index contributed by atoms with van der Waals surface area (Å²) < 4.78 is 0. The first-order chi connectivity index (χ1) is 9.65. The van der Waals surface area contributed by atoms with Crippen LogP contribution in [0.5, 0.6) is 0 Å². The van der Waals surface area contributed by atoms with Gasteiger partial charge in [-0.1, -0.05) is 11.1 Å². The summed E-state index contributed by atoms with van der Waals surface area (Å²) in [5.74, 6) is 0.600. The predicted molar refractivity (Wildman–Crippen MR) is 77.1 cm³/mol. The van der Waals surface area contributed by atoms with Crippen LogP contribution in [0.2, 0.25) is 0 Å². The molecule has 2 amide bonds. The fourth-order valence-electron chi connectivity index (χ4n) is 3.47. The number of hydrogen-bond acceptors (Lipinski definition) is 2. The van der Waals surface area contributed by atoms with Gasteiger partial charge in [-0.2, -0.15) is 0 Å². The molecule has 3 aliphatic rings. The number of allylic oxidation sites excluding steroid dienone is 1. The van der Waals surface area contributed by atoms with Crippen LogP contribution in [0.15, 0.2) is 11.1 Å². The number of amides is 2. The van der Waals surface area contributed by atoms with Crippen molar-refractivity contribution in [2.24, 2.45) is 5.92 Å². The number of likely N-dealkylation sites (tertiary alicyclic amines) is 2. The fourth-order valence-corrected chi connectivity index (χ4v) is 3.47. The summed E-state index contributed by atoms with van der Waals surface area (Å²) in [5.41, 5.74) is 3.28. The van der Waals surface area contributed by atoms with Gasteiger partial charge >= 0.3 is 0 Å². The monoisotopic (exact) mass is 276 g/mol. The average molecular weight is 276 g/mol. The predicted octanol–water partition coefficient (Wildman–Crippen LogP) is 1.96. The first-order valence-corrected chi connectivity index (χ1v) is 7.89. The highest BCUT2D eigenvalue weighted by Crippen LogP contribution is 2.36. The molecule has 3 fully saturated rings. The van der Waals surface area contributed by atoms with E-state index in [1.807, 2.05) is 4.90 Å². The van der Waals surface area contributed by atoms with Gasteiger partial charge in [-0.3, -0.25) is 9.59 Å². The number of hydrogen-bond donors (Lipinski definition) is 0. The molecule has 4 nitrogen and oxygen atoms in total. The van der Waals surface area contributed by atoms with Gasteiger partial charge in [0.15, 0.2) is 0 Å². The SMILES string of the molecule is CC(=O)N1CCC(C(=O)N2CCC(=C3CC3)CC2)CC1. The van der Waals surface area contributed by atoms with Gasteiger partial charge in [0.1, 0.15) is 0 Å². The van der Waals surface area contributed by atoms with E-state index in [-0.39, 0.29) is 11.8 Å². The van der Waals surface area contributed by atoms with E-state index in [1.54, 1.807) is 18.1 Å². The summed E-state index contributed by atoms with van der Waals surface area (Å²) in [5, 5.41) is 0. The van der Waals surface area contributed by atoms with Crippen molar-refractivity contribution in [1.29, 1.82) is 0 Å². The molecule has 4 heteroatoms. The molecule has 2 aliphatic heterocycles. The van der Waals surface area contributed by atoms with E-state index in [0.29, 0.717) is 5.91 Å². The van der Waals surface area contributed by atoms with E-state index >= 15 is 0 Å². The van der Waals surface area contributed by atoms with Crippen LogP contribution in [0, 0.1) is 5.92 Å². The Morgan fingerprint density at radius 3 is 1.90 bits per heavy atom. The first kappa shape index (κ1) is 13.7. The van der Waals surface area contributed by atoms with Crippen molar-refractivity contribution < 1.29 is 9.59 Å². The second-order valence-electron chi connectivity index (χ2n) is 6.31. The molecule has 2 heterocycles. The number of nitrogens with zero attached hydrogens (tertiary/aromatic N) is 2. The van der Waals surface area contributed by atoms with Gasteiger partial charge in [0, 0.05) is 39.0 Å². The molecule has 110 valence electrons. The highest BCUT2D eigenvalue weighted by Gasteiger charge is 2.31. The normalized spacial score (nSPS) is 24.1. The topological polar surface area (TPSA) is 40.6 Å². The van der Waals surface area contributed by atoms with Crippen molar-refractivity contribution in [1.82, 2.24) is 9.80 Å².